The lowest BCUT2D eigenvalue weighted by Gasteiger charge is -2.25. The number of nitrogens with one attached hydrogen (secondary N) is 1. The van der Waals surface area contributed by atoms with Gasteiger partial charge in [0.25, 0.3) is 0 Å². The van der Waals surface area contributed by atoms with Crippen molar-refractivity contribution in [3.8, 4) is 0 Å². The number of carbonyl (C=O) groups is 2. The third-order valence-corrected chi connectivity index (χ3v) is 2.40. The van der Waals surface area contributed by atoms with Crippen LogP contribution in [0.3, 0.4) is 0 Å². The molecule has 0 unspecified atom stereocenters. The van der Waals surface area contributed by atoms with Crippen LogP contribution in [0.5, 0.6) is 0 Å². The highest BCUT2D eigenvalue weighted by atomic mass is 19.4. The predicted octanol–water partition coefficient (Wildman–Crippen LogP) is 1.24. The fourth-order valence-corrected chi connectivity index (χ4v) is 1.39. The van der Waals surface area contributed by atoms with Crippen LogP contribution in [0.15, 0.2) is 0 Å². The molecule has 0 aromatic heterocycles. The van der Waals surface area contributed by atoms with E-state index in [-0.39, 0.29) is 19.0 Å². The molecule has 0 heterocycles. The van der Waals surface area contributed by atoms with E-state index < -0.39 is 24.6 Å². The molecule has 0 aliphatic rings. The summed E-state index contributed by atoms with van der Waals surface area (Å²) >= 11 is 0. The average molecular weight is 284 g/mol. The van der Waals surface area contributed by atoms with Gasteiger partial charge in [0.1, 0.15) is 6.54 Å². The maximum Gasteiger partial charge on any atom is 0.405 e. The van der Waals surface area contributed by atoms with Crippen LogP contribution in [-0.2, 0) is 9.59 Å². The summed E-state index contributed by atoms with van der Waals surface area (Å²) < 4.78 is 35.7. The van der Waals surface area contributed by atoms with E-state index in [9.17, 15) is 22.8 Å². The summed E-state index contributed by atoms with van der Waals surface area (Å²) in [4.78, 5) is 23.3. The lowest BCUT2D eigenvalue weighted by molar-refractivity contribution is -0.139. The Bertz CT molecular complexity index is 306. The molecule has 8 heteroatoms. The highest BCUT2D eigenvalue weighted by Gasteiger charge is 2.28. The van der Waals surface area contributed by atoms with Gasteiger partial charge < -0.3 is 10.4 Å². The molecular weight excluding hydrogens is 265 g/mol. The molecule has 112 valence electrons. The number of rotatable bonds is 8. The summed E-state index contributed by atoms with van der Waals surface area (Å²) in [7, 11) is 0. The molecule has 0 bridgehead atoms. The molecular formula is C11H19F3N2O3. The van der Waals surface area contributed by atoms with E-state index in [1.165, 1.54) is 0 Å². The molecule has 0 radical (unpaired) electrons. The molecule has 0 saturated heterocycles. The summed E-state index contributed by atoms with van der Waals surface area (Å²) in [6.07, 6.45) is -4.12. The Morgan fingerprint density at radius 3 is 2.32 bits per heavy atom. The molecule has 0 saturated carbocycles. The Hall–Kier alpha value is -1.31. The number of carboxylic acids is 1. The zero-order chi connectivity index (χ0) is 15.1. The number of amides is 1. The van der Waals surface area contributed by atoms with Crippen LogP contribution < -0.4 is 5.32 Å². The van der Waals surface area contributed by atoms with Gasteiger partial charge in [-0.2, -0.15) is 13.2 Å². The van der Waals surface area contributed by atoms with Crippen molar-refractivity contribution >= 4 is 11.9 Å². The van der Waals surface area contributed by atoms with E-state index in [4.69, 9.17) is 5.11 Å². The normalized spacial score (nSPS) is 11.9. The Labute approximate surface area is 109 Å². The van der Waals surface area contributed by atoms with E-state index in [0.717, 1.165) is 0 Å². The zero-order valence-electron chi connectivity index (χ0n) is 11.0. The number of alkyl halides is 3. The molecule has 1 amide bonds. The Morgan fingerprint density at radius 1 is 1.32 bits per heavy atom. The summed E-state index contributed by atoms with van der Waals surface area (Å²) in [6.45, 7) is 2.40. The first-order chi connectivity index (χ1) is 8.61. The van der Waals surface area contributed by atoms with Crippen LogP contribution in [0, 0.1) is 0 Å². The summed E-state index contributed by atoms with van der Waals surface area (Å²) in [5, 5.41) is 10.3. The second-order valence-corrected chi connectivity index (χ2v) is 4.45. The van der Waals surface area contributed by atoms with Gasteiger partial charge in [-0.05, 0) is 26.8 Å². The molecule has 0 aliphatic carbocycles. The molecule has 0 aromatic rings. The van der Waals surface area contributed by atoms with Gasteiger partial charge in [-0.3, -0.25) is 14.5 Å². The number of hydrogen-bond acceptors (Lipinski definition) is 3. The molecule has 0 fully saturated rings. The van der Waals surface area contributed by atoms with Crippen LogP contribution in [0.2, 0.25) is 0 Å². The first kappa shape index (κ1) is 17.7. The van der Waals surface area contributed by atoms with E-state index >= 15 is 0 Å². The number of hydrogen-bond donors (Lipinski definition) is 2. The van der Waals surface area contributed by atoms with Crippen molar-refractivity contribution in [1.29, 1.82) is 0 Å². The average Bonchev–Trinajstić information content (AvgIpc) is 2.23. The van der Waals surface area contributed by atoms with Crippen molar-refractivity contribution in [3.05, 3.63) is 0 Å². The Balaban J connectivity index is 4.12. The fraction of sp³-hybridized carbons (Fsp3) is 0.818. The molecule has 0 spiro atoms. The Kier molecular flexibility index (Phi) is 7.43. The van der Waals surface area contributed by atoms with Gasteiger partial charge in [-0.15, -0.1) is 0 Å². The third kappa shape index (κ3) is 10.3. The quantitative estimate of drug-likeness (QED) is 0.703. The van der Waals surface area contributed by atoms with Gasteiger partial charge in [-0.25, -0.2) is 0 Å². The van der Waals surface area contributed by atoms with Crippen molar-refractivity contribution in [2.45, 2.75) is 38.9 Å². The minimum atomic E-state index is -4.43. The third-order valence-electron chi connectivity index (χ3n) is 2.40. The molecule has 0 aliphatic heterocycles. The second-order valence-electron chi connectivity index (χ2n) is 4.45. The lowest BCUT2D eigenvalue weighted by atomic mass is 10.2. The molecule has 0 aromatic carbocycles. The smallest absolute Gasteiger partial charge is 0.405 e. The van der Waals surface area contributed by atoms with Gasteiger partial charge in [-0.1, -0.05) is 0 Å². The van der Waals surface area contributed by atoms with Crippen molar-refractivity contribution < 1.29 is 27.9 Å². The van der Waals surface area contributed by atoms with E-state index in [2.05, 4.69) is 0 Å². The van der Waals surface area contributed by atoms with E-state index in [1.54, 1.807) is 24.1 Å². The van der Waals surface area contributed by atoms with Crippen molar-refractivity contribution in [2.24, 2.45) is 0 Å². The standard InChI is InChI=1S/C11H19F3N2O3/c1-8(2)16(5-3-4-10(18)19)6-9(17)15-7-11(12,13)14/h8H,3-7H2,1-2H3,(H,15,17)(H,18,19). The monoisotopic (exact) mass is 284 g/mol. The maximum absolute atomic E-state index is 11.9. The van der Waals surface area contributed by atoms with Crippen molar-refractivity contribution in [3.63, 3.8) is 0 Å². The summed E-state index contributed by atoms with van der Waals surface area (Å²) in [5.41, 5.74) is 0. The van der Waals surface area contributed by atoms with Gasteiger partial charge >= 0.3 is 12.1 Å². The largest absolute Gasteiger partial charge is 0.481 e. The second kappa shape index (κ2) is 7.98. The number of aliphatic carboxylic acids is 1. The van der Waals surface area contributed by atoms with Crippen LogP contribution in [0.1, 0.15) is 26.7 Å². The van der Waals surface area contributed by atoms with E-state index in [1.807, 2.05) is 0 Å². The topological polar surface area (TPSA) is 69.6 Å². The molecule has 0 atom stereocenters. The van der Waals surface area contributed by atoms with Gasteiger partial charge in [0, 0.05) is 12.5 Å². The molecule has 2 N–H and O–H groups in total. The number of carbonyl (C=O) groups excluding carboxylic acids is 1. The fourth-order valence-electron chi connectivity index (χ4n) is 1.39. The Morgan fingerprint density at radius 2 is 1.89 bits per heavy atom. The highest BCUT2D eigenvalue weighted by Crippen LogP contribution is 2.12. The van der Waals surface area contributed by atoms with Crippen LogP contribution in [-0.4, -0.2) is 53.7 Å². The lowest BCUT2D eigenvalue weighted by Crippen LogP contribution is -2.43. The van der Waals surface area contributed by atoms with Crippen LogP contribution in [0.4, 0.5) is 13.2 Å². The van der Waals surface area contributed by atoms with E-state index in [0.29, 0.717) is 13.0 Å². The SMILES string of the molecule is CC(C)N(CCCC(=O)O)CC(=O)NCC(F)(F)F. The highest BCUT2D eigenvalue weighted by molar-refractivity contribution is 5.78. The van der Waals surface area contributed by atoms with Crippen molar-refractivity contribution in [1.82, 2.24) is 10.2 Å². The molecule has 19 heavy (non-hydrogen) atoms. The minimum absolute atomic E-state index is 0.0343. The molecule has 0 rings (SSSR count). The summed E-state index contributed by atoms with van der Waals surface area (Å²) in [5.74, 6) is -1.66. The van der Waals surface area contributed by atoms with Crippen LogP contribution in [0.25, 0.3) is 0 Å². The molecule has 5 nitrogen and oxygen atoms in total. The van der Waals surface area contributed by atoms with Crippen molar-refractivity contribution in [2.75, 3.05) is 19.6 Å². The number of nitrogens with zero attached hydrogens (tertiary/aromatic N) is 1. The predicted molar refractivity (Wildman–Crippen MR) is 62.6 cm³/mol. The number of carboxylic acid groups (broad SMARTS) is 1. The first-order valence-corrected chi connectivity index (χ1v) is 5.91. The summed E-state index contributed by atoms with van der Waals surface area (Å²) in [6, 6.07) is -0.0505. The van der Waals surface area contributed by atoms with Gasteiger partial charge in [0.15, 0.2) is 0 Å². The number of halogens is 3. The van der Waals surface area contributed by atoms with Gasteiger partial charge in [0.05, 0.1) is 6.54 Å². The maximum atomic E-state index is 11.9. The van der Waals surface area contributed by atoms with Crippen LogP contribution >= 0.6 is 0 Å². The minimum Gasteiger partial charge on any atom is -0.481 e. The first-order valence-electron chi connectivity index (χ1n) is 5.91. The zero-order valence-corrected chi connectivity index (χ0v) is 11.0. The van der Waals surface area contributed by atoms with Gasteiger partial charge in [0.2, 0.25) is 5.91 Å².